The van der Waals surface area contributed by atoms with E-state index < -0.39 is 0 Å². The van der Waals surface area contributed by atoms with Crippen molar-refractivity contribution in [1.29, 1.82) is 0 Å². The first-order valence-electron chi connectivity index (χ1n) is 9.65. The van der Waals surface area contributed by atoms with Gasteiger partial charge in [-0.25, -0.2) is 0 Å². The van der Waals surface area contributed by atoms with E-state index in [0.717, 1.165) is 40.3 Å². The highest BCUT2D eigenvalue weighted by atomic mass is 16.1. The van der Waals surface area contributed by atoms with E-state index in [1.165, 1.54) is 5.56 Å². The molecule has 0 saturated carbocycles. The summed E-state index contributed by atoms with van der Waals surface area (Å²) in [5.74, 6) is 0.0967. The van der Waals surface area contributed by atoms with E-state index in [-0.39, 0.29) is 5.78 Å². The summed E-state index contributed by atoms with van der Waals surface area (Å²) in [5.41, 5.74) is 3.86. The molecule has 0 aromatic heterocycles. The first kappa shape index (κ1) is 17.9. The van der Waals surface area contributed by atoms with Crippen molar-refractivity contribution in [2.24, 2.45) is 0 Å². The molecule has 4 rings (SSSR count). The number of ketones is 1. The summed E-state index contributed by atoms with van der Waals surface area (Å²) in [5, 5.41) is 2.10. The molecule has 0 fully saturated rings. The van der Waals surface area contributed by atoms with Gasteiger partial charge in [-0.3, -0.25) is 4.79 Å². The van der Waals surface area contributed by atoms with Crippen molar-refractivity contribution in [3.63, 3.8) is 0 Å². The first-order valence-corrected chi connectivity index (χ1v) is 9.65. The third-order valence-electron chi connectivity index (χ3n) is 4.99. The lowest BCUT2D eigenvalue weighted by Gasteiger charge is -2.10. The molecular formula is C27H22O. The van der Waals surface area contributed by atoms with Crippen molar-refractivity contribution in [2.75, 3.05) is 0 Å². The van der Waals surface area contributed by atoms with E-state index in [4.69, 9.17) is 0 Å². The van der Waals surface area contributed by atoms with Crippen LogP contribution in [-0.4, -0.2) is 5.78 Å². The number of allylic oxidation sites excluding steroid dienone is 1. The molecule has 0 N–H and O–H groups in total. The molecular weight excluding hydrogens is 340 g/mol. The summed E-state index contributed by atoms with van der Waals surface area (Å²) < 4.78 is 0. The van der Waals surface area contributed by atoms with Gasteiger partial charge in [-0.05, 0) is 34.7 Å². The van der Waals surface area contributed by atoms with Crippen LogP contribution < -0.4 is 0 Å². The Morgan fingerprint density at radius 1 is 0.679 bits per heavy atom. The van der Waals surface area contributed by atoms with Crippen molar-refractivity contribution >= 4 is 22.6 Å². The van der Waals surface area contributed by atoms with Gasteiger partial charge in [-0.15, -0.1) is 0 Å². The molecule has 0 atom stereocenters. The molecule has 136 valence electrons. The van der Waals surface area contributed by atoms with Gasteiger partial charge in [0.15, 0.2) is 5.78 Å². The van der Waals surface area contributed by atoms with Crippen LogP contribution in [-0.2, 0) is 6.42 Å². The van der Waals surface area contributed by atoms with Crippen LogP contribution in [0.15, 0.2) is 103 Å². The van der Waals surface area contributed by atoms with Crippen LogP contribution in [0.3, 0.4) is 0 Å². The van der Waals surface area contributed by atoms with Gasteiger partial charge in [0.25, 0.3) is 0 Å². The molecule has 0 unspecified atom stereocenters. The summed E-state index contributed by atoms with van der Waals surface area (Å²) in [7, 11) is 0. The lowest BCUT2D eigenvalue weighted by molar-refractivity contribution is 0.103. The van der Waals surface area contributed by atoms with Crippen LogP contribution in [0.5, 0.6) is 0 Å². The molecule has 0 spiro atoms. The van der Waals surface area contributed by atoms with Gasteiger partial charge in [0, 0.05) is 11.1 Å². The average molecular weight is 362 g/mol. The summed E-state index contributed by atoms with van der Waals surface area (Å²) in [6.45, 7) is 0. The smallest absolute Gasteiger partial charge is 0.193 e. The van der Waals surface area contributed by atoms with Crippen molar-refractivity contribution in [1.82, 2.24) is 0 Å². The highest BCUT2D eigenvalue weighted by Gasteiger charge is 2.15. The Morgan fingerprint density at radius 3 is 2.25 bits per heavy atom. The zero-order valence-corrected chi connectivity index (χ0v) is 15.7. The van der Waals surface area contributed by atoms with Crippen LogP contribution in [0.25, 0.3) is 16.8 Å². The van der Waals surface area contributed by atoms with Gasteiger partial charge in [0.05, 0.1) is 0 Å². The maximum atomic E-state index is 13.3. The monoisotopic (exact) mass is 362 g/mol. The maximum absolute atomic E-state index is 13.3. The Labute approximate surface area is 166 Å². The van der Waals surface area contributed by atoms with E-state index >= 15 is 0 Å². The summed E-state index contributed by atoms with van der Waals surface area (Å²) in [6.07, 6.45) is 6.05. The Morgan fingerprint density at radius 2 is 1.36 bits per heavy atom. The zero-order valence-electron chi connectivity index (χ0n) is 15.7. The van der Waals surface area contributed by atoms with Crippen LogP contribution in [0.2, 0.25) is 0 Å². The fourth-order valence-corrected chi connectivity index (χ4v) is 3.55. The number of hydrogen-bond donors (Lipinski definition) is 0. The second-order valence-electron chi connectivity index (χ2n) is 6.86. The zero-order chi connectivity index (χ0) is 19.2. The molecule has 1 heteroatoms. The average Bonchev–Trinajstić information content (AvgIpc) is 2.77. The fourth-order valence-electron chi connectivity index (χ4n) is 3.55. The molecule has 0 aliphatic heterocycles. The highest BCUT2D eigenvalue weighted by Crippen LogP contribution is 2.23. The summed E-state index contributed by atoms with van der Waals surface area (Å²) in [6, 6.07) is 32.2. The lowest BCUT2D eigenvalue weighted by Crippen LogP contribution is -2.06. The minimum Gasteiger partial charge on any atom is -0.289 e. The van der Waals surface area contributed by atoms with Crippen molar-refractivity contribution < 1.29 is 4.79 Å². The van der Waals surface area contributed by atoms with E-state index in [1.54, 1.807) is 0 Å². The highest BCUT2D eigenvalue weighted by molar-refractivity contribution is 6.17. The predicted octanol–water partition coefficient (Wildman–Crippen LogP) is 6.72. The van der Waals surface area contributed by atoms with Crippen LogP contribution in [0.4, 0.5) is 0 Å². The predicted molar refractivity (Wildman–Crippen MR) is 118 cm³/mol. The molecule has 1 nitrogen and oxygen atoms in total. The Balaban J connectivity index is 1.57. The molecule has 4 aromatic rings. The molecule has 0 saturated heterocycles. The normalized spacial score (nSPS) is 11.1. The van der Waals surface area contributed by atoms with Gasteiger partial charge in [0.2, 0.25) is 0 Å². The summed E-state index contributed by atoms with van der Waals surface area (Å²) in [4.78, 5) is 13.3. The standard InChI is InChI=1S/C27H22O/c28-27(26-20-10-17-22-14-6-8-18-24(22)26)25-19-9-7-16-23(25)15-5-4-13-21-11-2-1-3-12-21/h1-4,6-14,16-20H,5,15H2/b13-4-. The van der Waals surface area contributed by atoms with Gasteiger partial charge in [-0.1, -0.05) is 109 Å². The number of carbonyl (C=O) groups is 1. The van der Waals surface area contributed by atoms with Crippen molar-refractivity contribution in [2.45, 2.75) is 12.8 Å². The lowest BCUT2D eigenvalue weighted by atomic mass is 9.93. The number of hydrogen-bond acceptors (Lipinski definition) is 1. The van der Waals surface area contributed by atoms with Gasteiger partial charge in [-0.2, -0.15) is 0 Å². The van der Waals surface area contributed by atoms with Gasteiger partial charge < -0.3 is 0 Å². The van der Waals surface area contributed by atoms with Crippen LogP contribution in [0.1, 0.15) is 33.5 Å². The number of fused-ring (bicyclic) bond motifs is 1. The largest absolute Gasteiger partial charge is 0.289 e. The van der Waals surface area contributed by atoms with E-state index in [2.05, 4.69) is 30.4 Å². The van der Waals surface area contributed by atoms with E-state index in [0.29, 0.717) is 0 Å². The van der Waals surface area contributed by atoms with Crippen molar-refractivity contribution in [3.8, 4) is 0 Å². The number of benzene rings is 4. The fraction of sp³-hybridized carbons (Fsp3) is 0.0741. The molecule has 0 amide bonds. The van der Waals surface area contributed by atoms with E-state index in [1.807, 2.05) is 78.9 Å². The molecule has 0 aliphatic carbocycles. The first-order chi connectivity index (χ1) is 13.8. The quantitative estimate of drug-likeness (QED) is 0.348. The third kappa shape index (κ3) is 3.94. The molecule has 0 radical (unpaired) electrons. The minimum absolute atomic E-state index is 0.0967. The number of aryl methyl sites for hydroxylation is 1. The Hall–Kier alpha value is -3.45. The molecule has 0 bridgehead atoms. The van der Waals surface area contributed by atoms with Crippen LogP contribution in [0, 0.1) is 0 Å². The SMILES string of the molecule is O=C(c1ccccc1CC/C=C\c1ccccc1)c1cccc2ccccc12. The maximum Gasteiger partial charge on any atom is 0.193 e. The minimum atomic E-state index is 0.0967. The molecule has 4 aromatic carbocycles. The van der Waals surface area contributed by atoms with Gasteiger partial charge in [0.1, 0.15) is 0 Å². The van der Waals surface area contributed by atoms with Crippen molar-refractivity contribution in [3.05, 3.63) is 125 Å². The Bertz CT molecular complexity index is 1120. The second kappa shape index (κ2) is 8.49. The number of rotatable bonds is 6. The van der Waals surface area contributed by atoms with E-state index in [9.17, 15) is 4.79 Å². The summed E-state index contributed by atoms with van der Waals surface area (Å²) >= 11 is 0. The second-order valence-corrected chi connectivity index (χ2v) is 6.86. The van der Waals surface area contributed by atoms with Gasteiger partial charge >= 0.3 is 0 Å². The third-order valence-corrected chi connectivity index (χ3v) is 4.99. The molecule has 0 aliphatic rings. The van der Waals surface area contributed by atoms with Crippen LogP contribution >= 0.6 is 0 Å². The molecule has 0 heterocycles. The molecule has 28 heavy (non-hydrogen) atoms. The number of carbonyl (C=O) groups excluding carboxylic acids is 1. The Kier molecular flexibility index (Phi) is 5.44. The topological polar surface area (TPSA) is 17.1 Å².